The number of allylic oxidation sites excluding steroid dienone is 2. The average Bonchev–Trinajstić information content (AvgIpc) is 3.11. The molecule has 0 radical (unpaired) electrons. The highest BCUT2D eigenvalue weighted by Gasteiger charge is 2.36. The fourth-order valence-corrected chi connectivity index (χ4v) is 4.07. The number of carbonyl (C=O) groups is 2. The fraction of sp³-hybridized carbons (Fsp3) is 0.235. The molecule has 3 N–H and O–H groups in total. The number of nitrogens with two attached hydrogens (primary N) is 1. The van der Waals surface area contributed by atoms with Gasteiger partial charge in [-0.3, -0.25) is 4.79 Å². The first-order valence-electron chi connectivity index (χ1n) is 7.34. The number of esters is 1. The van der Waals surface area contributed by atoms with E-state index in [1.165, 1.54) is 17.4 Å². The number of nitriles is 1. The van der Waals surface area contributed by atoms with Gasteiger partial charge in [0.05, 0.1) is 33.9 Å². The summed E-state index contributed by atoms with van der Waals surface area (Å²) < 4.78 is 5.19. The zero-order chi connectivity index (χ0) is 18.4. The highest BCUT2D eigenvalue weighted by molar-refractivity contribution is 8.03. The normalized spacial score (nSPS) is 16.9. The van der Waals surface area contributed by atoms with Gasteiger partial charge in [-0.05, 0) is 18.4 Å². The number of rotatable bonds is 7. The summed E-state index contributed by atoms with van der Waals surface area (Å²) in [5.74, 6) is -1.50. The number of nitrogens with zero attached hydrogens (tertiary/aromatic N) is 1. The molecule has 1 amide bonds. The standard InChI is InChI=1S/C17H17N3O3S2/c1-3-6-23-17(22)14-10(2)20-16(25-9-13(19)21)11(8-18)15(14)12-5-4-7-24-12/h3-5,7,15,20H,1,6,9H2,2H3,(H2,19,21)/t15-/m1/s1. The van der Waals surface area contributed by atoms with Gasteiger partial charge in [0.2, 0.25) is 5.91 Å². The molecule has 0 saturated carbocycles. The number of thioether (sulfide) groups is 1. The lowest BCUT2D eigenvalue weighted by Gasteiger charge is -2.28. The van der Waals surface area contributed by atoms with E-state index >= 15 is 0 Å². The summed E-state index contributed by atoms with van der Waals surface area (Å²) in [6, 6.07) is 5.89. The molecule has 25 heavy (non-hydrogen) atoms. The van der Waals surface area contributed by atoms with E-state index in [-0.39, 0.29) is 12.4 Å². The number of carbonyl (C=O) groups excluding carboxylic acids is 2. The Morgan fingerprint density at radius 2 is 2.36 bits per heavy atom. The van der Waals surface area contributed by atoms with Crippen LogP contribution in [0, 0.1) is 11.3 Å². The number of hydrogen-bond acceptors (Lipinski definition) is 7. The molecule has 0 fully saturated rings. The van der Waals surface area contributed by atoms with Crippen molar-refractivity contribution in [2.75, 3.05) is 12.4 Å². The number of hydrogen-bond donors (Lipinski definition) is 2. The molecule has 130 valence electrons. The predicted octanol–water partition coefficient (Wildman–Crippen LogP) is 2.39. The summed E-state index contributed by atoms with van der Waals surface area (Å²) in [5.41, 5.74) is 6.53. The Morgan fingerprint density at radius 3 is 2.92 bits per heavy atom. The van der Waals surface area contributed by atoms with Crippen LogP contribution in [0.5, 0.6) is 0 Å². The second kappa shape index (κ2) is 8.55. The van der Waals surface area contributed by atoms with Gasteiger partial charge in [-0.2, -0.15) is 5.26 Å². The third-order valence-electron chi connectivity index (χ3n) is 3.39. The van der Waals surface area contributed by atoms with Crippen molar-refractivity contribution in [3.63, 3.8) is 0 Å². The van der Waals surface area contributed by atoms with Crippen LogP contribution in [0.3, 0.4) is 0 Å². The van der Waals surface area contributed by atoms with E-state index in [0.29, 0.717) is 21.9 Å². The summed E-state index contributed by atoms with van der Waals surface area (Å²) >= 11 is 2.59. The third-order valence-corrected chi connectivity index (χ3v) is 5.36. The number of amides is 1. The fourth-order valence-electron chi connectivity index (χ4n) is 2.39. The quantitative estimate of drug-likeness (QED) is 0.560. The van der Waals surface area contributed by atoms with Crippen molar-refractivity contribution in [1.29, 1.82) is 5.26 Å². The molecule has 1 aromatic rings. The number of ether oxygens (including phenoxy) is 1. The maximum atomic E-state index is 12.5. The first kappa shape index (κ1) is 18.8. The highest BCUT2D eigenvalue weighted by atomic mass is 32.2. The lowest BCUT2D eigenvalue weighted by Crippen LogP contribution is -2.29. The van der Waals surface area contributed by atoms with Crippen molar-refractivity contribution in [2.24, 2.45) is 5.73 Å². The molecule has 1 aliphatic rings. The molecule has 2 rings (SSSR count). The molecular formula is C17H17N3O3S2. The van der Waals surface area contributed by atoms with Gasteiger partial charge in [-0.25, -0.2) is 4.79 Å². The number of dihydropyridines is 1. The summed E-state index contributed by atoms with van der Waals surface area (Å²) in [5, 5.41) is 15.1. The minimum absolute atomic E-state index is 0.0359. The van der Waals surface area contributed by atoms with Gasteiger partial charge in [0.15, 0.2) is 0 Å². The maximum absolute atomic E-state index is 12.5. The number of nitrogens with one attached hydrogen (secondary N) is 1. The largest absolute Gasteiger partial charge is 0.458 e. The highest BCUT2D eigenvalue weighted by Crippen LogP contribution is 2.42. The van der Waals surface area contributed by atoms with Crippen LogP contribution >= 0.6 is 23.1 Å². The molecule has 6 nitrogen and oxygen atoms in total. The molecule has 1 atom stereocenters. The molecule has 0 aliphatic carbocycles. The van der Waals surface area contributed by atoms with Gasteiger partial charge in [0.1, 0.15) is 6.61 Å². The molecule has 0 saturated heterocycles. The molecule has 0 aromatic carbocycles. The van der Waals surface area contributed by atoms with Gasteiger partial charge in [-0.15, -0.1) is 11.3 Å². The van der Waals surface area contributed by atoms with Crippen LogP contribution in [0.15, 0.2) is 52.0 Å². The first-order chi connectivity index (χ1) is 12.0. The van der Waals surface area contributed by atoms with Crippen LogP contribution in [0.4, 0.5) is 0 Å². The Kier molecular flexibility index (Phi) is 6.44. The Balaban J connectivity index is 2.48. The average molecular weight is 375 g/mol. The summed E-state index contributed by atoms with van der Waals surface area (Å²) in [4.78, 5) is 24.5. The van der Waals surface area contributed by atoms with Gasteiger partial charge < -0.3 is 15.8 Å². The van der Waals surface area contributed by atoms with E-state index in [0.717, 1.165) is 16.6 Å². The monoisotopic (exact) mass is 375 g/mol. The SMILES string of the molecule is C=CCOC(=O)C1=C(C)NC(SCC(N)=O)=C(C#N)[C@@H]1c1cccs1. The van der Waals surface area contributed by atoms with Crippen LogP contribution in [0.1, 0.15) is 17.7 Å². The van der Waals surface area contributed by atoms with Crippen LogP contribution in [-0.4, -0.2) is 24.2 Å². The minimum Gasteiger partial charge on any atom is -0.458 e. The lowest BCUT2D eigenvalue weighted by atomic mass is 9.87. The maximum Gasteiger partial charge on any atom is 0.337 e. The summed E-state index contributed by atoms with van der Waals surface area (Å²) in [6.45, 7) is 5.36. The van der Waals surface area contributed by atoms with Crippen molar-refractivity contribution in [3.05, 3.63) is 56.9 Å². The molecule has 8 heteroatoms. The smallest absolute Gasteiger partial charge is 0.337 e. The second-order valence-electron chi connectivity index (χ2n) is 5.11. The Bertz CT molecular complexity index is 789. The van der Waals surface area contributed by atoms with E-state index < -0.39 is 17.8 Å². The van der Waals surface area contributed by atoms with Crippen LogP contribution < -0.4 is 11.1 Å². The van der Waals surface area contributed by atoms with Crippen LogP contribution in [0.2, 0.25) is 0 Å². The van der Waals surface area contributed by atoms with Crippen LogP contribution in [0.25, 0.3) is 0 Å². The summed E-state index contributed by atoms with van der Waals surface area (Å²) in [6.07, 6.45) is 1.49. The third kappa shape index (κ3) is 4.32. The van der Waals surface area contributed by atoms with Crippen molar-refractivity contribution >= 4 is 35.0 Å². The Labute approximate surface area is 154 Å². The molecule has 0 bridgehead atoms. The Morgan fingerprint density at radius 1 is 1.60 bits per heavy atom. The van der Waals surface area contributed by atoms with E-state index in [1.807, 2.05) is 17.5 Å². The molecule has 1 aliphatic heterocycles. The van der Waals surface area contributed by atoms with E-state index in [4.69, 9.17) is 10.5 Å². The number of thiophene rings is 1. The van der Waals surface area contributed by atoms with E-state index in [1.54, 1.807) is 6.92 Å². The van der Waals surface area contributed by atoms with Crippen molar-refractivity contribution < 1.29 is 14.3 Å². The molecule has 0 spiro atoms. The van der Waals surface area contributed by atoms with Crippen molar-refractivity contribution in [1.82, 2.24) is 5.32 Å². The zero-order valence-corrected chi connectivity index (χ0v) is 15.2. The Hall–Kier alpha value is -2.50. The van der Waals surface area contributed by atoms with Gasteiger partial charge >= 0.3 is 5.97 Å². The van der Waals surface area contributed by atoms with E-state index in [9.17, 15) is 14.9 Å². The predicted molar refractivity (Wildman–Crippen MR) is 98.3 cm³/mol. The van der Waals surface area contributed by atoms with Gasteiger partial charge in [0.25, 0.3) is 0 Å². The first-order valence-corrected chi connectivity index (χ1v) is 9.20. The van der Waals surface area contributed by atoms with Crippen molar-refractivity contribution in [2.45, 2.75) is 12.8 Å². The topological polar surface area (TPSA) is 105 Å². The molecular weight excluding hydrogens is 358 g/mol. The van der Waals surface area contributed by atoms with Gasteiger partial charge in [0, 0.05) is 10.6 Å². The lowest BCUT2D eigenvalue weighted by molar-refractivity contribution is -0.138. The van der Waals surface area contributed by atoms with E-state index in [2.05, 4.69) is 18.0 Å². The number of primary amides is 1. The molecule has 2 heterocycles. The second-order valence-corrected chi connectivity index (χ2v) is 7.07. The van der Waals surface area contributed by atoms with Crippen molar-refractivity contribution in [3.8, 4) is 6.07 Å². The zero-order valence-electron chi connectivity index (χ0n) is 13.6. The molecule has 0 unspecified atom stereocenters. The minimum atomic E-state index is -0.543. The molecule has 1 aromatic heterocycles. The van der Waals surface area contributed by atoms with Crippen LogP contribution in [-0.2, 0) is 14.3 Å². The summed E-state index contributed by atoms with van der Waals surface area (Å²) in [7, 11) is 0. The van der Waals surface area contributed by atoms with Gasteiger partial charge in [-0.1, -0.05) is 30.5 Å².